The molecule has 0 saturated heterocycles. The van der Waals surface area contributed by atoms with Crippen molar-refractivity contribution >= 4 is 10.1 Å². The van der Waals surface area contributed by atoms with Crippen molar-refractivity contribution in [2.24, 2.45) is 0 Å². The smallest absolute Gasteiger partial charge is 0.264 e. The minimum atomic E-state index is -3.78. The van der Waals surface area contributed by atoms with Crippen molar-refractivity contribution in [3.63, 3.8) is 0 Å². The molecule has 0 atom stereocenters. The number of pyridine rings is 1. The Morgan fingerprint density at radius 1 is 1.29 bits per heavy atom. The van der Waals surface area contributed by atoms with Gasteiger partial charge in [0, 0.05) is 0 Å². The van der Waals surface area contributed by atoms with Gasteiger partial charge >= 0.3 is 0 Å². The summed E-state index contributed by atoms with van der Waals surface area (Å²) >= 11 is 0. The lowest BCUT2D eigenvalue weighted by molar-refractivity contribution is 0.290. The van der Waals surface area contributed by atoms with Crippen LogP contribution in [-0.4, -0.2) is 26.8 Å². The summed E-state index contributed by atoms with van der Waals surface area (Å²) in [5, 5.41) is 0. The van der Waals surface area contributed by atoms with E-state index in [4.69, 9.17) is 0 Å². The molecule has 0 fully saturated rings. The quantitative estimate of drug-likeness (QED) is 0.766. The third-order valence-electron chi connectivity index (χ3n) is 1.92. The number of nitrogens with zero attached hydrogens (tertiary/aromatic N) is 1. The maximum Gasteiger partial charge on any atom is 0.264 e. The highest BCUT2D eigenvalue weighted by Crippen LogP contribution is 2.23. The van der Waals surface area contributed by atoms with Crippen LogP contribution in [0, 0.1) is 18.6 Å². The highest BCUT2D eigenvalue weighted by molar-refractivity contribution is 7.85. The van der Waals surface area contributed by atoms with E-state index in [0.717, 1.165) is 6.26 Å². The van der Waals surface area contributed by atoms with Gasteiger partial charge in [-0.05, 0) is 6.92 Å². The highest BCUT2D eigenvalue weighted by Gasteiger charge is 2.20. The molecule has 0 aliphatic carbocycles. The van der Waals surface area contributed by atoms with Gasteiger partial charge in [-0.1, -0.05) is 0 Å². The fourth-order valence-electron chi connectivity index (χ4n) is 1.12. The van der Waals surface area contributed by atoms with Crippen LogP contribution in [0.15, 0.2) is 0 Å². The number of aromatic nitrogens is 1. The van der Waals surface area contributed by atoms with E-state index in [1.165, 1.54) is 14.0 Å². The van der Waals surface area contributed by atoms with Crippen LogP contribution >= 0.6 is 0 Å². The second-order valence-electron chi connectivity index (χ2n) is 3.28. The number of hydrogen-bond acceptors (Lipinski definition) is 5. The highest BCUT2D eigenvalue weighted by atomic mass is 32.2. The molecule has 0 bridgehead atoms. The maximum atomic E-state index is 13.6. The SMILES string of the molecule is COc1nc(C)c(F)c(COS(C)(=O)=O)c1F. The van der Waals surface area contributed by atoms with E-state index in [2.05, 4.69) is 13.9 Å². The molecule has 1 aromatic rings. The molecule has 0 spiro atoms. The molecule has 0 unspecified atom stereocenters. The van der Waals surface area contributed by atoms with E-state index in [-0.39, 0.29) is 5.69 Å². The first-order valence-corrected chi connectivity index (χ1v) is 6.30. The second-order valence-corrected chi connectivity index (χ2v) is 4.92. The second kappa shape index (κ2) is 4.92. The van der Waals surface area contributed by atoms with Crippen molar-refractivity contribution in [3.05, 3.63) is 22.9 Å². The minimum absolute atomic E-state index is 0.102. The maximum absolute atomic E-state index is 13.6. The molecule has 17 heavy (non-hydrogen) atoms. The van der Waals surface area contributed by atoms with Crippen molar-refractivity contribution in [1.29, 1.82) is 0 Å². The fraction of sp³-hybridized carbons (Fsp3) is 0.444. The van der Waals surface area contributed by atoms with Crippen LogP contribution in [0.1, 0.15) is 11.3 Å². The van der Waals surface area contributed by atoms with Gasteiger partial charge in [-0.2, -0.15) is 8.42 Å². The van der Waals surface area contributed by atoms with Crippen LogP contribution in [0.2, 0.25) is 0 Å². The van der Waals surface area contributed by atoms with Gasteiger partial charge in [0.25, 0.3) is 16.0 Å². The van der Waals surface area contributed by atoms with Crippen LogP contribution in [0.5, 0.6) is 5.88 Å². The first kappa shape index (κ1) is 13.8. The Balaban J connectivity index is 3.18. The van der Waals surface area contributed by atoms with Gasteiger partial charge in [0.1, 0.15) is 0 Å². The Labute approximate surface area is 97.5 Å². The topological polar surface area (TPSA) is 65.5 Å². The summed E-state index contributed by atoms with van der Waals surface area (Å²) in [6, 6.07) is 0. The molecule has 0 aromatic carbocycles. The van der Waals surface area contributed by atoms with Gasteiger partial charge < -0.3 is 4.74 Å². The van der Waals surface area contributed by atoms with Crippen molar-refractivity contribution in [3.8, 4) is 5.88 Å². The minimum Gasteiger partial charge on any atom is -0.479 e. The average Bonchev–Trinajstić information content (AvgIpc) is 2.22. The fourth-order valence-corrected chi connectivity index (χ4v) is 1.45. The van der Waals surface area contributed by atoms with Crippen LogP contribution in [0.4, 0.5) is 8.78 Å². The molecule has 8 heteroatoms. The van der Waals surface area contributed by atoms with Crippen molar-refractivity contribution in [2.45, 2.75) is 13.5 Å². The monoisotopic (exact) mass is 267 g/mol. The number of methoxy groups -OCH3 is 1. The summed E-state index contributed by atoms with van der Waals surface area (Å²) in [5.74, 6) is -2.43. The van der Waals surface area contributed by atoms with Gasteiger partial charge in [0.15, 0.2) is 11.6 Å². The van der Waals surface area contributed by atoms with Crippen LogP contribution in [0.3, 0.4) is 0 Å². The van der Waals surface area contributed by atoms with Crippen LogP contribution < -0.4 is 4.74 Å². The van der Waals surface area contributed by atoms with E-state index >= 15 is 0 Å². The lowest BCUT2D eigenvalue weighted by Crippen LogP contribution is -2.09. The molecule has 0 aliphatic heterocycles. The molecule has 0 amide bonds. The van der Waals surface area contributed by atoms with Gasteiger partial charge in [-0.25, -0.2) is 13.8 Å². The molecule has 96 valence electrons. The van der Waals surface area contributed by atoms with Gasteiger partial charge in [-0.15, -0.1) is 0 Å². The van der Waals surface area contributed by atoms with Gasteiger partial charge in [-0.3, -0.25) is 4.18 Å². The Morgan fingerprint density at radius 3 is 2.35 bits per heavy atom. The van der Waals surface area contributed by atoms with E-state index in [1.807, 2.05) is 0 Å². The molecule has 0 aliphatic rings. The van der Waals surface area contributed by atoms with Crippen molar-refractivity contribution in [1.82, 2.24) is 4.98 Å². The Kier molecular flexibility index (Phi) is 3.99. The lowest BCUT2D eigenvalue weighted by atomic mass is 10.2. The summed E-state index contributed by atoms with van der Waals surface area (Å²) in [5.41, 5.74) is -0.630. The molecule has 1 rings (SSSR count). The number of rotatable bonds is 4. The predicted octanol–water partition coefficient (Wildman–Crippen LogP) is 1.15. The third-order valence-corrected chi connectivity index (χ3v) is 2.46. The zero-order valence-corrected chi connectivity index (χ0v) is 10.3. The van der Waals surface area contributed by atoms with Crippen molar-refractivity contribution < 1.29 is 26.1 Å². The van der Waals surface area contributed by atoms with Crippen LogP contribution in [-0.2, 0) is 20.9 Å². The summed E-state index contributed by atoms with van der Waals surface area (Å²) in [6.07, 6.45) is 0.786. The number of halogens is 2. The van der Waals surface area contributed by atoms with Crippen LogP contribution in [0.25, 0.3) is 0 Å². The first-order chi connectivity index (χ1) is 7.76. The Hall–Kier alpha value is -1.28. The Morgan fingerprint density at radius 2 is 1.88 bits per heavy atom. The molecule has 0 N–H and O–H groups in total. The van der Waals surface area contributed by atoms with E-state index in [0.29, 0.717) is 0 Å². The van der Waals surface area contributed by atoms with Crippen molar-refractivity contribution in [2.75, 3.05) is 13.4 Å². The molecule has 0 saturated carbocycles. The molecule has 0 radical (unpaired) electrons. The first-order valence-electron chi connectivity index (χ1n) is 4.49. The number of aryl methyl sites for hydroxylation is 1. The Bertz CT molecular complexity index is 530. The average molecular weight is 267 g/mol. The standard InChI is InChI=1S/C9H11F2NO4S/c1-5-7(10)6(4-16-17(3,13)14)8(11)9(12-5)15-2/h4H2,1-3H3. The third kappa shape index (κ3) is 3.34. The summed E-state index contributed by atoms with van der Waals surface area (Å²) < 4.78 is 57.5. The lowest BCUT2D eigenvalue weighted by Gasteiger charge is -2.09. The largest absolute Gasteiger partial charge is 0.479 e. The molecular formula is C9H11F2NO4S. The molecular weight excluding hydrogens is 256 g/mol. The predicted molar refractivity (Wildman–Crippen MR) is 55.1 cm³/mol. The van der Waals surface area contributed by atoms with E-state index in [1.54, 1.807) is 0 Å². The molecule has 5 nitrogen and oxygen atoms in total. The van der Waals surface area contributed by atoms with Gasteiger partial charge in [0.05, 0.1) is 31.2 Å². The van der Waals surface area contributed by atoms with Gasteiger partial charge in [0.2, 0.25) is 0 Å². The summed E-state index contributed by atoms with van der Waals surface area (Å²) in [4.78, 5) is 3.52. The summed E-state index contributed by atoms with van der Waals surface area (Å²) in [6.45, 7) is 0.567. The zero-order valence-electron chi connectivity index (χ0n) is 9.45. The molecule has 1 heterocycles. The zero-order chi connectivity index (χ0) is 13.2. The van der Waals surface area contributed by atoms with E-state index < -0.39 is 39.8 Å². The summed E-state index contributed by atoms with van der Waals surface area (Å²) in [7, 11) is -2.61. The van der Waals surface area contributed by atoms with E-state index in [9.17, 15) is 17.2 Å². The number of hydrogen-bond donors (Lipinski definition) is 0. The molecule has 1 aromatic heterocycles. The number of ether oxygens (including phenoxy) is 1. The normalized spacial score (nSPS) is 11.6.